The maximum absolute atomic E-state index is 11.2. The lowest BCUT2D eigenvalue weighted by atomic mass is 10.0. The van der Waals surface area contributed by atoms with Gasteiger partial charge in [0.25, 0.3) is 0 Å². The number of hydrogen-bond acceptors (Lipinski definition) is 4. The molecule has 2 aromatic rings. The van der Waals surface area contributed by atoms with Crippen LogP contribution in [0.3, 0.4) is 0 Å². The van der Waals surface area contributed by atoms with E-state index in [1.165, 1.54) is 0 Å². The Kier molecular flexibility index (Phi) is 6.17. The average molecular weight is 342 g/mol. The van der Waals surface area contributed by atoms with Crippen molar-refractivity contribution in [3.63, 3.8) is 0 Å². The molecule has 0 radical (unpaired) electrons. The molecule has 0 bridgehead atoms. The average Bonchev–Trinajstić information content (AvgIpc) is 2.66. The van der Waals surface area contributed by atoms with Gasteiger partial charge in [0, 0.05) is 6.42 Å². The van der Waals surface area contributed by atoms with E-state index in [4.69, 9.17) is 14.2 Å². The van der Waals surface area contributed by atoms with Crippen LogP contribution in [0.15, 0.2) is 60.7 Å². The largest absolute Gasteiger partial charge is 0.479 e. The van der Waals surface area contributed by atoms with Gasteiger partial charge in [-0.2, -0.15) is 0 Å². The van der Waals surface area contributed by atoms with E-state index in [0.29, 0.717) is 13.2 Å². The van der Waals surface area contributed by atoms with Crippen molar-refractivity contribution in [1.82, 2.24) is 0 Å². The van der Waals surface area contributed by atoms with Crippen LogP contribution in [0.25, 0.3) is 0 Å². The second-order valence-corrected chi connectivity index (χ2v) is 6.07. The van der Waals surface area contributed by atoms with Crippen molar-refractivity contribution in [3.05, 3.63) is 71.8 Å². The van der Waals surface area contributed by atoms with Gasteiger partial charge in [0.2, 0.25) is 0 Å². The highest BCUT2D eigenvalue weighted by Gasteiger charge is 2.36. The van der Waals surface area contributed by atoms with Gasteiger partial charge in [-0.15, -0.1) is 0 Å². The summed E-state index contributed by atoms with van der Waals surface area (Å²) in [5.74, 6) is -0.963. The quantitative estimate of drug-likeness (QED) is 0.838. The van der Waals surface area contributed by atoms with Gasteiger partial charge in [0.1, 0.15) is 6.10 Å². The van der Waals surface area contributed by atoms with E-state index < -0.39 is 12.1 Å². The topological polar surface area (TPSA) is 65.0 Å². The number of ether oxygens (including phenoxy) is 3. The third kappa shape index (κ3) is 5.13. The highest BCUT2D eigenvalue weighted by molar-refractivity contribution is 5.72. The number of carbonyl (C=O) groups is 1. The van der Waals surface area contributed by atoms with Crippen molar-refractivity contribution in [2.75, 3.05) is 6.61 Å². The van der Waals surface area contributed by atoms with Gasteiger partial charge in [0.15, 0.2) is 6.10 Å². The number of rotatable bonds is 7. The molecule has 5 heteroatoms. The summed E-state index contributed by atoms with van der Waals surface area (Å²) in [7, 11) is 0. The van der Waals surface area contributed by atoms with Crippen molar-refractivity contribution in [1.29, 1.82) is 0 Å². The Hall–Kier alpha value is -2.21. The Bertz CT molecular complexity index is 658. The van der Waals surface area contributed by atoms with Gasteiger partial charge in [-0.3, -0.25) is 0 Å². The highest BCUT2D eigenvalue weighted by Crippen LogP contribution is 2.22. The van der Waals surface area contributed by atoms with E-state index in [1.54, 1.807) is 0 Å². The minimum Gasteiger partial charge on any atom is -0.479 e. The summed E-state index contributed by atoms with van der Waals surface area (Å²) >= 11 is 0. The molecule has 0 saturated carbocycles. The van der Waals surface area contributed by atoms with Crippen LogP contribution in [-0.4, -0.2) is 36.0 Å². The fourth-order valence-electron chi connectivity index (χ4n) is 2.81. The molecule has 132 valence electrons. The molecule has 1 fully saturated rings. The highest BCUT2D eigenvalue weighted by atomic mass is 16.6. The van der Waals surface area contributed by atoms with Crippen LogP contribution in [-0.2, 0) is 32.2 Å². The van der Waals surface area contributed by atoms with Crippen molar-refractivity contribution in [2.24, 2.45) is 0 Å². The molecule has 0 spiro atoms. The standard InChI is InChI=1S/C20H22O5/c21-20(22)18-11-17(23-12-15-7-3-1-4-8-15)19(14-25-18)24-13-16-9-5-2-6-10-16/h1-10,17-19H,11-14H2,(H,21,22). The zero-order valence-corrected chi connectivity index (χ0v) is 13.9. The second kappa shape index (κ2) is 8.76. The van der Waals surface area contributed by atoms with E-state index >= 15 is 0 Å². The van der Waals surface area contributed by atoms with Gasteiger partial charge in [0.05, 0.1) is 25.9 Å². The number of carboxylic acid groups (broad SMARTS) is 1. The Labute approximate surface area is 147 Å². The monoisotopic (exact) mass is 342 g/mol. The van der Waals surface area contributed by atoms with E-state index in [1.807, 2.05) is 60.7 Å². The maximum atomic E-state index is 11.2. The molecule has 25 heavy (non-hydrogen) atoms. The lowest BCUT2D eigenvalue weighted by Gasteiger charge is -2.34. The third-order valence-corrected chi connectivity index (χ3v) is 4.21. The molecule has 3 unspecified atom stereocenters. The van der Waals surface area contributed by atoms with Gasteiger partial charge < -0.3 is 19.3 Å². The zero-order valence-electron chi connectivity index (χ0n) is 13.9. The van der Waals surface area contributed by atoms with Crippen molar-refractivity contribution < 1.29 is 24.1 Å². The van der Waals surface area contributed by atoms with Crippen LogP contribution in [0.4, 0.5) is 0 Å². The summed E-state index contributed by atoms with van der Waals surface area (Å²) in [5.41, 5.74) is 2.10. The maximum Gasteiger partial charge on any atom is 0.332 e. The molecular weight excluding hydrogens is 320 g/mol. The van der Waals surface area contributed by atoms with Gasteiger partial charge in [-0.05, 0) is 11.1 Å². The van der Waals surface area contributed by atoms with Crippen LogP contribution in [0, 0.1) is 0 Å². The first kappa shape index (κ1) is 17.6. The third-order valence-electron chi connectivity index (χ3n) is 4.21. The van der Waals surface area contributed by atoms with Crippen LogP contribution >= 0.6 is 0 Å². The van der Waals surface area contributed by atoms with Crippen molar-refractivity contribution >= 4 is 5.97 Å². The zero-order chi connectivity index (χ0) is 17.5. The summed E-state index contributed by atoms with van der Waals surface area (Å²) in [6, 6.07) is 19.7. The first-order valence-corrected chi connectivity index (χ1v) is 8.38. The summed E-state index contributed by atoms with van der Waals surface area (Å²) in [6.45, 7) is 1.07. The molecular formula is C20H22O5. The first-order valence-electron chi connectivity index (χ1n) is 8.38. The number of aliphatic carboxylic acids is 1. The van der Waals surface area contributed by atoms with Gasteiger partial charge >= 0.3 is 5.97 Å². The predicted octanol–water partition coefficient (Wildman–Crippen LogP) is 3.03. The van der Waals surface area contributed by atoms with Crippen LogP contribution in [0.5, 0.6) is 0 Å². The Morgan fingerprint density at radius 1 is 0.920 bits per heavy atom. The molecule has 3 rings (SSSR count). The summed E-state index contributed by atoms with van der Waals surface area (Å²) in [6.07, 6.45) is -1.18. The molecule has 2 aromatic carbocycles. The molecule has 3 atom stereocenters. The normalized spacial score (nSPS) is 23.3. The molecule has 1 aliphatic rings. The molecule has 0 aromatic heterocycles. The van der Waals surface area contributed by atoms with E-state index in [9.17, 15) is 9.90 Å². The second-order valence-electron chi connectivity index (χ2n) is 6.07. The van der Waals surface area contributed by atoms with Crippen molar-refractivity contribution in [2.45, 2.75) is 37.9 Å². The van der Waals surface area contributed by atoms with Crippen LogP contribution in [0.2, 0.25) is 0 Å². The Morgan fingerprint density at radius 3 is 1.96 bits per heavy atom. The first-order chi connectivity index (χ1) is 12.2. The lowest BCUT2D eigenvalue weighted by Crippen LogP contribution is -2.46. The minimum atomic E-state index is -0.963. The van der Waals surface area contributed by atoms with E-state index in [-0.39, 0.29) is 25.2 Å². The molecule has 1 aliphatic heterocycles. The van der Waals surface area contributed by atoms with Gasteiger partial charge in [-0.25, -0.2) is 4.79 Å². The van der Waals surface area contributed by atoms with E-state index in [0.717, 1.165) is 11.1 Å². The fourth-order valence-corrected chi connectivity index (χ4v) is 2.81. The molecule has 1 saturated heterocycles. The Balaban J connectivity index is 1.61. The van der Waals surface area contributed by atoms with Crippen LogP contribution in [0.1, 0.15) is 17.5 Å². The van der Waals surface area contributed by atoms with Gasteiger partial charge in [-0.1, -0.05) is 60.7 Å². The van der Waals surface area contributed by atoms with Crippen LogP contribution < -0.4 is 0 Å². The Morgan fingerprint density at radius 2 is 1.44 bits per heavy atom. The molecule has 0 amide bonds. The molecule has 5 nitrogen and oxygen atoms in total. The SMILES string of the molecule is O=C(O)C1CC(OCc2ccccc2)C(OCc2ccccc2)CO1. The minimum absolute atomic E-state index is 0.212. The number of hydrogen-bond donors (Lipinski definition) is 1. The summed E-state index contributed by atoms with van der Waals surface area (Å²) < 4.78 is 17.4. The fraction of sp³-hybridized carbons (Fsp3) is 0.350. The summed E-state index contributed by atoms with van der Waals surface area (Å²) in [4.78, 5) is 11.2. The predicted molar refractivity (Wildman–Crippen MR) is 92.0 cm³/mol. The number of carboxylic acids is 1. The lowest BCUT2D eigenvalue weighted by molar-refractivity contribution is -0.187. The number of benzene rings is 2. The van der Waals surface area contributed by atoms with E-state index in [2.05, 4.69) is 0 Å². The molecule has 1 N–H and O–H groups in total. The summed E-state index contributed by atoms with van der Waals surface area (Å²) in [5, 5.41) is 9.21. The smallest absolute Gasteiger partial charge is 0.332 e. The molecule has 0 aliphatic carbocycles. The van der Waals surface area contributed by atoms with Crippen molar-refractivity contribution in [3.8, 4) is 0 Å². The molecule has 1 heterocycles.